The lowest BCUT2D eigenvalue weighted by atomic mass is 9.34. The number of hydrogen-bond donors (Lipinski definition) is 0. The van der Waals surface area contributed by atoms with Gasteiger partial charge in [0, 0.05) is 56.5 Å². The summed E-state index contributed by atoms with van der Waals surface area (Å²) in [4.78, 5) is 9.90. The summed E-state index contributed by atoms with van der Waals surface area (Å²) in [7, 11) is 0. The Morgan fingerprint density at radius 3 is 1.39 bits per heavy atom. The lowest BCUT2D eigenvalue weighted by Crippen LogP contribution is -2.63. The number of para-hydroxylation sites is 2. The van der Waals surface area contributed by atoms with Crippen molar-refractivity contribution >= 4 is 97.1 Å². The molecule has 0 atom stereocenters. The van der Waals surface area contributed by atoms with E-state index in [4.69, 9.17) is 4.74 Å². The van der Waals surface area contributed by atoms with Crippen molar-refractivity contribution in [1.29, 1.82) is 0 Å². The van der Waals surface area contributed by atoms with Crippen molar-refractivity contribution in [3.05, 3.63) is 222 Å². The SMILES string of the molecule is CC(C)(C)c1ccc(N(c2ccc(C(C)(C)C)cc2)c2cc3c4c(c2)N(c2ccc(C(C)(C)C)cc2)c2c(n(-c5ccccc5)c5cc6c(cc25)Oc2ccccc2S6)B4c2cc(C(C)(C)C)ccc2N3c2ccc(C(C)(C)C)cc2)cc1. The minimum Gasteiger partial charge on any atom is -0.455 e. The molecule has 0 aliphatic carbocycles. The molecule has 0 fully saturated rings. The van der Waals surface area contributed by atoms with E-state index in [1.807, 2.05) is 0 Å². The molecule has 0 radical (unpaired) electrons. The van der Waals surface area contributed by atoms with Crippen LogP contribution in [-0.4, -0.2) is 11.3 Å². The van der Waals surface area contributed by atoms with Gasteiger partial charge in [-0.15, -0.1) is 0 Å². The predicted molar refractivity (Wildman–Crippen MR) is 356 cm³/mol. The fourth-order valence-corrected chi connectivity index (χ4v) is 13.6. The van der Waals surface area contributed by atoms with E-state index in [-0.39, 0.29) is 33.8 Å². The fraction of sp³-hybridized carbons (Fsp3) is 0.263. The number of aromatic nitrogens is 1. The monoisotopic (exact) mass is 1100 g/mol. The van der Waals surface area contributed by atoms with Crippen molar-refractivity contribution < 1.29 is 4.74 Å². The number of benzene rings is 9. The van der Waals surface area contributed by atoms with E-state index in [1.54, 1.807) is 11.8 Å². The Morgan fingerprint density at radius 2 is 0.855 bits per heavy atom. The molecule has 0 N–H and O–H groups in total. The molecule has 3 aliphatic rings. The summed E-state index contributed by atoms with van der Waals surface area (Å²) in [5.74, 6) is 1.75. The van der Waals surface area contributed by atoms with Crippen LogP contribution in [0.15, 0.2) is 204 Å². The van der Waals surface area contributed by atoms with Gasteiger partial charge in [-0.3, -0.25) is 0 Å². The average Bonchev–Trinajstić information content (AvgIpc) is 1.77. The van der Waals surface area contributed by atoms with Crippen LogP contribution < -0.4 is 36.0 Å². The molecule has 0 bridgehead atoms. The van der Waals surface area contributed by atoms with Gasteiger partial charge in [0.15, 0.2) is 0 Å². The highest BCUT2D eigenvalue weighted by molar-refractivity contribution is 7.99. The Bertz CT molecular complexity index is 4090. The van der Waals surface area contributed by atoms with E-state index >= 15 is 0 Å². The molecule has 13 rings (SSSR count). The van der Waals surface area contributed by atoms with Gasteiger partial charge >= 0.3 is 0 Å². The van der Waals surface area contributed by atoms with Crippen LogP contribution in [0.1, 0.15) is 132 Å². The van der Waals surface area contributed by atoms with Gasteiger partial charge in [-0.2, -0.15) is 0 Å². The van der Waals surface area contributed by atoms with Crippen molar-refractivity contribution in [2.24, 2.45) is 0 Å². The highest BCUT2D eigenvalue weighted by atomic mass is 32.2. The van der Waals surface area contributed by atoms with Crippen LogP contribution in [0.4, 0.5) is 51.2 Å². The molecule has 9 aromatic carbocycles. The summed E-state index contributed by atoms with van der Waals surface area (Å²) in [6.45, 7) is 34.4. The van der Waals surface area contributed by atoms with Gasteiger partial charge in [0.1, 0.15) is 11.5 Å². The Kier molecular flexibility index (Phi) is 12.7. The van der Waals surface area contributed by atoms with Crippen LogP contribution in [0.5, 0.6) is 11.5 Å². The molecule has 5 nitrogen and oxygen atoms in total. The maximum absolute atomic E-state index is 6.99. The first-order valence-corrected chi connectivity index (χ1v) is 30.5. The first-order chi connectivity index (χ1) is 39.3. The van der Waals surface area contributed by atoms with Gasteiger partial charge in [-0.05, 0) is 169 Å². The second-order valence-electron chi connectivity index (χ2n) is 28.4. The fourth-order valence-electron chi connectivity index (χ4n) is 12.7. The first kappa shape index (κ1) is 54.4. The highest BCUT2D eigenvalue weighted by Gasteiger charge is 2.48. The molecule has 1 aromatic heterocycles. The third kappa shape index (κ3) is 9.44. The molecule has 0 unspecified atom stereocenters. The van der Waals surface area contributed by atoms with Crippen LogP contribution >= 0.6 is 11.8 Å². The van der Waals surface area contributed by atoms with Crippen LogP contribution in [0.25, 0.3) is 16.6 Å². The van der Waals surface area contributed by atoms with Crippen LogP contribution in [0.2, 0.25) is 0 Å². The maximum Gasteiger partial charge on any atom is 0.273 e. The molecular weight excluding hydrogens is 1030 g/mol. The Hall–Kier alpha value is -7.87. The molecule has 7 heteroatoms. The van der Waals surface area contributed by atoms with E-state index in [0.717, 1.165) is 83.4 Å². The quantitative estimate of drug-likeness (QED) is 0.155. The molecular formula is C76H77BN4OS. The molecule has 10 aromatic rings. The number of ether oxygens (including phenoxy) is 1. The molecule has 0 spiro atoms. The van der Waals surface area contributed by atoms with E-state index in [2.05, 4.69) is 317 Å². The summed E-state index contributed by atoms with van der Waals surface area (Å²) >= 11 is 1.79. The van der Waals surface area contributed by atoms with Gasteiger partial charge < -0.3 is 24.0 Å². The Morgan fingerprint density at radius 1 is 0.386 bits per heavy atom. The molecule has 3 aliphatic heterocycles. The smallest absolute Gasteiger partial charge is 0.273 e. The van der Waals surface area contributed by atoms with Gasteiger partial charge in [0.25, 0.3) is 6.71 Å². The normalized spacial score (nSPS) is 13.9. The predicted octanol–water partition coefficient (Wildman–Crippen LogP) is 19.9. The second-order valence-corrected chi connectivity index (χ2v) is 29.5. The van der Waals surface area contributed by atoms with E-state index in [9.17, 15) is 0 Å². The number of hydrogen-bond acceptors (Lipinski definition) is 5. The maximum atomic E-state index is 6.99. The minimum atomic E-state index is -0.211. The van der Waals surface area contributed by atoms with E-state index < -0.39 is 0 Å². The number of rotatable bonds is 6. The summed E-state index contributed by atoms with van der Waals surface area (Å²) in [6.07, 6.45) is 0. The van der Waals surface area contributed by atoms with Crippen LogP contribution in [0, 0.1) is 0 Å². The summed E-state index contributed by atoms with van der Waals surface area (Å²) < 4.78 is 9.58. The van der Waals surface area contributed by atoms with E-state index in [0.29, 0.717) is 0 Å². The van der Waals surface area contributed by atoms with Crippen molar-refractivity contribution in [2.45, 2.75) is 141 Å². The third-order valence-corrected chi connectivity index (χ3v) is 18.5. The average molecular weight is 1110 g/mol. The van der Waals surface area contributed by atoms with Crippen molar-refractivity contribution in [2.75, 3.05) is 14.7 Å². The van der Waals surface area contributed by atoms with Crippen molar-refractivity contribution in [3.63, 3.8) is 0 Å². The van der Waals surface area contributed by atoms with Crippen molar-refractivity contribution in [3.8, 4) is 17.2 Å². The van der Waals surface area contributed by atoms with Crippen LogP contribution in [-0.2, 0) is 27.1 Å². The topological polar surface area (TPSA) is 23.9 Å². The van der Waals surface area contributed by atoms with Gasteiger partial charge in [0.2, 0.25) is 0 Å². The lowest BCUT2D eigenvalue weighted by molar-refractivity contribution is 0.455. The zero-order chi connectivity index (χ0) is 58.3. The largest absolute Gasteiger partial charge is 0.455 e. The van der Waals surface area contributed by atoms with Gasteiger partial charge in [-0.1, -0.05) is 207 Å². The summed E-state index contributed by atoms with van der Waals surface area (Å²) in [5, 5.41) is 1.13. The molecule has 4 heterocycles. The Labute approximate surface area is 498 Å². The minimum absolute atomic E-state index is 0.0158. The number of fused-ring (bicyclic) bond motifs is 8. The zero-order valence-corrected chi connectivity index (χ0v) is 52.0. The Balaban J connectivity index is 1.20. The molecule has 0 saturated carbocycles. The molecule has 416 valence electrons. The number of anilines is 9. The third-order valence-electron chi connectivity index (χ3n) is 17.4. The zero-order valence-electron chi connectivity index (χ0n) is 51.2. The lowest BCUT2D eigenvalue weighted by Gasteiger charge is -2.45. The van der Waals surface area contributed by atoms with Gasteiger partial charge in [-0.25, -0.2) is 0 Å². The van der Waals surface area contributed by atoms with Crippen molar-refractivity contribution in [1.82, 2.24) is 4.57 Å². The van der Waals surface area contributed by atoms with Crippen LogP contribution in [0.3, 0.4) is 0 Å². The standard InChI is InChI=1S/C76H77BN4OS/c1-72(2,3)48-25-34-54(35-26-48)78(55-36-27-49(28-37-55)73(4,5)6)58-44-63-69-64(45-58)80(57-40-31-51(32-41-57)75(10,11)12)70-59-46-66-68(83-67-24-20-19-23-65(67)82-66)47-62(59)81(53-21-17-16-18-22-53)71(70)77(69)60-43-52(76(13,14)15)33-42-61(60)79(63)56-38-29-50(30-39-56)74(7,8)9/h16-47H,1-15H3. The van der Waals surface area contributed by atoms with E-state index in [1.165, 1.54) is 50.0 Å². The van der Waals surface area contributed by atoms with Gasteiger partial charge in [0.05, 0.1) is 26.7 Å². The first-order valence-electron chi connectivity index (χ1n) is 29.7. The molecule has 0 saturated heterocycles. The number of nitrogens with zero attached hydrogens (tertiary/aromatic N) is 4. The summed E-state index contributed by atoms with van der Waals surface area (Å²) in [5.41, 5.74) is 22.3. The molecule has 0 amide bonds. The highest BCUT2D eigenvalue weighted by Crippen LogP contribution is 2.54. The molecule has 83 heavy (non-hydrogen) atoms. The second kappa shape index (κ2) is 19.4. The summed E-state index contributed by atoms with van der Waals surface area (Å²) in [6, 6.07) is 74.0.